The van der Waals surface area contributed by atoms with Gasteiger partial charge in [0.25, 0.3) is 20.0 Å². The summed E-state index contributed by atoms with van der Waals surface area (Å²) in [6, 6.07) is 5.32. The summed E-state index contributed by atoms with van der Waals surface area (Å²) in [6.07, 6.45) is 3.25. The minimum atomic E-state index is -5.35. The zero-order chi connectivity index (χ0) is 27.4. The molecule has 1 rings (SSSR count). The predicted molar refractivity (Wildman–Crippen MR) is 143 cm³/mol. The normalized spacial score (nSPS) is 15.8. The predicted octanol–water partition coefficient (Wildman–Crippen LogP) is 2.29. The number of alkyl halides is 2. The van der Waals surface area contributed by atoms with E-state index in [0.29, 0.717) is 51.1 Å². The second-order valence-corrected chi connectivity index (χ2v) is 13.1. The van der Waals surface area contributed by atoms with Crippen LogP contribution >= 0.6 is 0 Å². The number of hydrogen-bond donors (Lipinski definition) is 0. The maximum atomic E-state index is 12.7. The van der Waals surface area contributed by atoms with Crippen molar-refractivity contribution in [2.75, 3.05) is 39.8 Å². The van der Waals surface area contributed by atoms with E-state index in [1.54, 1.807) is 13.2 Å². The molecule has 0 aromatic heterocycles. The van der Waals surface area contributed by atoms with E-state index in [0.717, 1.165) is 0 Å². The summed E-state index contributed by atoms with van der Waals surface area (Å²) < 4.78 is 111. The fourth-order valence-electron chi connectivity index (χ4n) is 2.84. The van der Waals surface area contributed by atoms with Crippen LogP contribution in [-0.4, -0.2) is 68.5 Å². The Bertz CT molecular complexity index is 1190. The fourth-order valence-corrected chi connectivity index (χ4v) is 7.42. The Labute approximate surface area is 243 Å². The van der Waals surface area contributed by atoms with E-state index in [2.05, 4.69) is 18.5 Å². The SMILES string of the molecule is C.C.C=CCOCC(CC)OCC(CCOC)c1ccc(S(=O)(=O)N=S(C)(=O)N=S(=O)(OF)C(F)F)cc1.[Li+]. The second-order valence-electron chi connectivity index (χ2n) is 7.46. The third-order valence-corrected chi connectivity index (χ3v) is 9.97. The summed E-state index contributed by atoms with van der Waals surface area (Å²) in [5.41, 5.74) is 0.710. The van der Waals surface area contributed by atoms with Crippen LogP contribution in [0.5, 0.6) is 0 Å². The van der Waals surface area contributed by atoms with Gasteiger partial charge in [-0.25, -0.2) is 8.42 Å². The van der Waals surface area contributed by atoms with Crippen LogP contribution in [0.25, 0.3) is 0 Å². The standard InChI is InChI=1S/C20H31F3N2O8S3.2CH4.Li/c1-5-12-31-15-18(6-2)32-14-17(11-13-30-3)16-7-9-19(10-8-16)35(27,28)24-34(4,26)25-36(29,33-23)20(21)22;;;/h5,7-10,17-18,20H,1,6,11-15H2,2-4H3;2*1H4;/q;;;+1. The van der Waals surface area contributed by atoms with Gasteiger partial charge in [0.05, 0.1) is 30.8 Å². The molecule has 4 unspecified atom stereocenters. The van der Waals surface area contributed by atoms with E-state index >= 15 is 0 Å². The average Bonchev–Trinajstić information content (AvgIpc) is 2.81. The molecule has 0 saturated heterocycles. The fraction of sp³-hybridized carbons (Fsp3) is 0.636. The molecule has 39 heavy (non-hydrogen) atoms. The second kappa shape index (κ2) is 20.0. The van der Waals surface area contributed by atoms with Crippen molar-refractivity contribution in [3.8, 4) is 0 Å². The summed E-state index contributed by atoms with van der Waals surface area (Å²) in [5, 5.41) is 0. The van der Waals surface area contributed by atoms with E-state index in [1.165, 1.54) is 24.3 Å². The maximum Gasteiger partial charge on any atom is 1.00 e. The van der Waals surface area contributed by atoms with Crippen molar-refractivity contribution in [2.24, 2.45) is 7.54 Å². The van der Waals surface area contributed by atoms with Gasteiger partial charge in [0.15, 0.2) is 9.92 Å². The van der Waals surface area contributed by atoms with Gasteiger partial charge in [-0.1, -0.05) is 51.9 Å². The van der Waals surface area contributed by atoms with Gasteiger partial charge in [0.1, 0.15) is 0 Å². The summed E-state index contributed by atoms with van der Waals surface area (Å²) >= 11 is 0. The Morgan fingerprint density at radius 1 is 1.05 bits per heavy atom. The van der Waals surface area contributed by atoms with Crippen molar-refractivity contribution in [3.63, 3.8) is 0 Å². The van der Waals surface area contributed by atoms with Gasteiger partial charge in [-0.3, -0.25) is 0 Å². The van der Waals surface area contributed by atoms with Crippen molar-refractivity contribution < 1.29 is 67.6 Å². The zero-order valence-corrected chi connectivity index (χ0v) is 23.5. The van der Waals surface area contributed by atoms with Crippen molar-refractivity contribution in [3.05, 3.63) is 42.5 Å². The molecular weight excluding hydrogens is 580 g/mol. The first kappa shape index (κ1) is 42.5. The topological polar surface area (TPSA) is 130 Å². The van der Waals surface area contributed by atoms with Gasteiger partial charge in [0, 0.05) is 25.9 Å². The molecule has 224 valence electrons. The molecular formula is C22H39F3LiN2O8S3+. The van der Waals surface area contributed by atoms with E-state index in [-0.39, 0.29) is 45.7 Å². The Morgan fingerprint density at radius 2 is 1.64 bits per heavy atom. The summed E-state index contributed by atoms with van der Waals surface area (Å²) in [4.78, 5) is -0.434. The first-order chi connectivity index (χ1) is 16.8. The summed E-state index contributed by atoms with van der Waals surface area (Å²) in [6.45, 7) is 7.02. The Balaban J connectivity index is -0.00000432. The van der Waals surface area contributed by atoms with Crippen molar-refractivity contribution in [1.82, 2.24) is 0 Å². The van der Waals surface area contributed by atoms with Crippen molar-refractivity contribution in [1.29, 1.82) is 0 Å². The summed E-state index contributed by atoms with van der Waals surface area (Å²) in [7, 11) is -12.9. The van der Waals surface area contributed by atoms with E-state index in [4.69, 9.17) is 14.2 Å². The number of hydrogen-bond acceptors (Lipinski definition) is 8. The number of nitrogens with zero attached hydrogens (tertiary/aromatic N) is 2. The first-order valence-corrected chi connectivity index (χ1v) is 15.4. The Hall–Kier alpha value is -0.963. The Kier molecular flexibility index (Phi) is 21.8. The van der Waals surface area contributed by atoms with Crippen LogP contribution in [0.15, 0.2) is 49.4 Å². The van der Waals surface area contributed by atoms with E-state index < -0.39 is 40.6 Å². The van der Waals surface area contributed by atoms with Gasteiger partial charge >= 0.3 is 24.6 Å². The van der Waals surface area contributed by atoms with Crippen LogP contribution in [0.2, 0.25) is 0 Å². The minimum absolute atomic E-state index is 0. The van der Waals surface area contributed by atoms with Gasteiger partial charge in [-0.15, -0.1) is 6.58 Å². The average molecular weight is 620 g/mol. The zero-order valence-electron chi connectivity index (χ0n) is 21.1. The van der Waals surface area contributed by atoms with E-state index in [1.807, 2.05) is 6.92 Å². The minimum Gasteiger partial charge on any atom is -0.385 e. The molecule has 0 spiro atoms. The third-order valence-electron chi connectivity index (χ3n) is 4.64. The van der Waals surface area contributed by atoms with Crippen LogP contribution < -0.4 is 18.9 Å². The molecule has 0 amide bonds. The molecule has 0 fully saturated rings. The molecule has 0 bridgehead atoms. The molecule has 0 aliphatic carbocycles. The molecule has 1 aromatic rings. The quantitative estimate of drug-likeness (QED) is 0.148. The Morgan fingerprint density at radius 3 is 2.10 bits per heavy atom. The number of methoxy groups -OCH3 is 1. The van der Waals surface area contributed by atoms with Crippen LogP contribution in [0.1, 0.15) is 46.1 Å². The molecule has 0 radical (unpaired) electrons. The summed E-state index contributed by atoms with van der Waals surface area (Å²) in [5.74, 6) is -4.15. The molecule has 0 aliphatic rings. The van der Waals surface area contributed by atoms with E-state index in [9.17, 15) is 30.1 Å². The third kappa shape index (κ3) is 14.5. The van der Waals surface area contributed by atoms with Crippen LogP contribution in [0.4, 0.5) is 13.3 Å². The number of benzene rings is 1. The molecule has 10 nitrogen and oxygen atoms in total. The van der Waals surface area contributed by atoms with Gasteiger partial charge in [-0.05, 0) is 35.1 Å². The van der Waals surface area contributed by atoms with Crippen LogP contribution in [0.3, 0.4) is 0 Å². The molecule has 17 heteroatoms. The largest absolute Gasteiger partial charge is 1.00 e. The molecule has 0 heterocycles. The number of rotatable bonds is 17. The number of halogens is 3. The number of ether oxygens (including phenoxy) is 3. The smallest absolute Gasteiger partial charge is 0.385 e. The van der Waals surface area contributed by atoms with Crippen molar-refractivity contribution >= 4 is 29.9 Å². The monoisotopic (exact) mass is 619 g/mol. The molecule has 0 N–H and O–H groups in total. The van der Waals surface area contributed by atoms with Gasteiger partial charge in [0.2, 0.25) is 0 Å². The number of sulfonamides is 1. The molecule has 1 aromatic carbocycles. The van der Waals surface area contributed by atoms with Gasteiger partial charge in [-0.2, -0.15) is 17.2 Å². The maximum absolute atomic E-state index is 12.7. The first-order valence-electron chi connectivity index (χ1n) is 10.6. The van der Waals surface area contributed by atoms with Crippen LogP contribution in [0, 0.1) is 0 Å². The van der Waals surface area contributed by atoms with Crippen LogP contribution in [-0.2, 0) is 48.5 Å². The molecule has 0 saturated carbocycles. The molecule has 4 atom stereocenters. The van der Waals surface area contributed by atoms with Crippen molar-refractivity contribution in [2.45, 2.75) is 57.3 Å². The molecule has 0 aliphatic heterocycles. The van der Waals surface area contributed by atoms with Gasteiger partial charge < -0.3 is 14.2 Å².